The van der Waals surface area contributed by atoms with Crippen LogP contribution in [0.4, 0.5) is 18.9 Å². The molecule has 0 bridgehead atoms. The van der Waals surface area contributed by atoms with Gasteiger partial charge in [0.2, 0.25) is 0 Å². The molecule has 0 amide bonds. The van der Waals surface area contributed by atoms with Gasteiger partial charge >= 0.3 is 6.18 Å². The molecule has 1 atom stereocenters. The summed E-state index contributed by atoms with van der Waals surface area (Å²) in [6.07, 6.45) is -3.45. The van der Waals surface area contributed by atoms with E-state index >= 15 is 0 Å². The number of rotatable bonds is 2. The number of aromatic nitrogens is 4. The Kier molecular flexibility index (Phi) is 4.20. The summed E-state index contributed by atoms with van der Waals surface area (Å²) < 4.78 is 39.4. The van der Waals surface area contributed by atoms with E-state index in [4.69, 9.17) is 11.6 Å². The number of hydrogen-bond acceptors (Lipinski definition) is 3. The van der Waals surface area contributed by atoms with Gasteiger partial charge in [-0.05, 0) is 49.2 Å². The molecule has 150 valence electrons. The predicted octanol–water partition coefficient (Wildman–Crippen LogP) is 5.54. The lowest BCUT2D eigenvalue weighted by Gasteiger charge is -2.35. The van der Waals surface area contributed by atoms with E-state index in [-0.39, 0.29) is 13.0 Å². The van der Waals surface area contributed by atoms with E-state index in [1.54, 1.807) is 17.0 Å². The second kappa shape index (κ2) is 6.66. The van der Waals surface area contributed by atoms with E-state index in [2.05, 4.69) is 20.2 Å². The van der Waals surface area contributed by atoms with Gasteiger partial charge in [-0.15, -0.1) is 0 Å². The fourth-order valence-electron chi connectivity index (χ4n) is 3.96. The van der Waals surface area contributed by atoms with E-state index in [0.29, 0.717) is 29.5 Å². The number of H-pyrrole nitrogens is 2. The molecule has 1 unspecified atom stereocenters. The molecule has 2 N–H and O–H groups in total. The van der Waals surface area contributed by atoms with Crippen LogP contribution in [0.5, 0.6) is 0 Å². The van der Waals surface area contributed by atoms with Gasteiger partial charge in [-0.3, -0.25) is 5.10 Å². The van der Waals surface area contributed by atoms with E-state index in [1.807, 2.05) is 24.3 Å². The molecule has 1 saturated heterocycles. The van der Waals surface area contributed by atoms with Gasteiger partial charge in [0.1, 0.15) is 5.69 Å². The largest absolute Gasteiger partial charge is 0.393 e. The Morgan fingerprint density at radius 1 is 1.10 bits per heavy atom. The SMILES string of the molecule is FC(F)(F)C1CCCN(c2ccc3nc(-c4n[nH]c5cc(Cl)ccc45)[nH]c3c2)C1. The molecular formula is C20H17ClF3N5. The van der Waals surface area contributed by atoms with Crippen LogP contribution < -0.4 is 4.90 Å². The summed E-state index contributed by atoms with van der Waals surface area (Å²) >= 11 is 6.02. The minimum atomic E-state index is -4.16. The quantitative estimate of drug-likeness (QED) is 0.448. The van der Waals surface area contributed by atoms with Crippen LogP contribution in [-0.2, 0) is 0 Å². The van der Waals surface area contributed by atoms with Crippen LogP contribution >= 0.6 is 11.6 Å². The number of nitrogens with one attached hydrogen (secondary N) is 2. The average molecular weight is 420 g/mol. The van der Waals surface area contributed by atoms with Crippen molar-refractivity contribution in [3.63, 3.8) is 0 Å². The van der Waals surface area contributed by atoms with Crippen molar-refractivity contribution in [2.75, 3.05) is 18.0 Å². The molecule has 5 nitrogen and oxygen atoms in total. The lowest BCUT2D eigenvalue weighted by Crippen LogP contribution is -2.41. The van der Waals surface area contributed by atoms with Crippen LogP contribution in [0.2, 0.25) is 5.02 Å². The monoisotopic (exact) mass is 419 g/mol. The van der Waals surface area contributed by atoms with E-state index < -0.39 is 12.1 Å². The highest BCUT2D eigenvalue weighted by molar-refractivity contribution is 6.31. The summed E-state index contributed by atoms with van der Waals surface area (Å²) in [5.41, 5.74) is 3.74. The highest BCUT2D eigenvalue weighted by Crippen LogP contribution is 2.35. The van der Waals surface area contributed by atoms with Gasteiger partial charge in [0.05, 0.1) is 22.5 Å². The van der Waals surface area contributed by atoms with Crippen molar-refractivity contribution in [1.29, 1.82) is 0 Å². The Hall–Kier alpha value is -2.74. The zero-order chi connectivity index (χ0) is 20.2. The average Bonchev–Trinajstić information content (AvgIpc) is 3.30. The Balaban J connectivity index is 1.49. The first kappa shape index (κ1) is 18.3. The van der Waals surface area contributed by atoms with Crippen LogP contribution in [0.15, 0.2) is 36.4 Å². The van der Waals surface area contributed by atoms with Crippen molar-refractivity contribution in [2.24, 2.45) is 5.92 Å². The highest BCUT2D eigenvalue weighted by Gasteiger charge is 2.41. The molecule has 4 aromatic rings. The van der Waals surface area contributed by atoms with Crippen molar-refractivity contribution in [3.8, 4) is 11.5 Å². The van der Waals surface area contributed by atoms with Crippen molar-refractivity contribution in [1.82, 2.24) is 20.2 Å². The molecule has 3 heterocycles. The summed E-state index contributed by atoms with van der Waals surface area (Å²) in [5, 5.41) is 8.78. The Labute approximate surface area is 168 Å². The number of hydrogen-bond donors (Lipinski definition) is 2. The van der Waals surface area contributed by atoms with Gasteiger partial charge in [-0.25, -0.2) is 4.98 Å². The molecule has 9 heteroatoms. The van der Waals surface area contributed by atoms with Crippen molar-refractivity contribution < 1.29 is 13.2 Å². The number of benzene rings is 2. The number of fused-ring (bicyclic) bond motifs is 2. The Morgan fingerprint density at radius 2 is 1.97 bits per heavy atom. The molecule has 5 rings (SSSR count). The second-order valence-electron chi connectivity index (χ2n) is 7.38. The zero-order valence-corrected chi connectivity index (χ0v) is 16.0. The van der Waals surface area contributed by atoms with Crippen LogP contribution in [0, 0.1) is 5.92 Å². The second-order valence-corrected chi connectivity index (χ2v) is 7.81. The first-order valence-corrected chi connectivity index (χ1v) is 9.72. The van der Waals surface area contributed by atoms with E-state index in [9.17, 15) is 13.2 Å². The number of nitrogens with zero attached hydrogens (tertiary/aromatic N) is 3. The lowest BCUT2D eigenvalue weighted by molar-refractivity contribution is -0.175. The molecule has 0 radical (unpaired) electrons. The number of imidazole rings is 1. The number of piperidine rings is 1. The van der Waals surface area contributed by atoms with Crippen LogP contribution in [0.3, 0.4) is 0 Å². The highest BCUT2D eigenvalue weighted by atomic mass is 35.5. The number of halogens is 4. The van der Waals surface area contributed by atoms with Gasteiger partial charge in [0.25, 0.3) is 0 Å². The Bertz CT molecular complexity index is 1200. The molecule has 0 aliphatic carbocycles. The molecule has 0 spiro atoms. The molecule has 29 heavy (non-hydrogen) atoms. The third-order valence-electron chi connectivity index (χ3n) is 5.46. The summed E-state index contributed by atoms with van der Waals surface area (Å²) in [6, 6.07) is 11.0. The normalized spacial score (nSPS) is 18.1. The lowest BCUT2D eigenvalue weighted by atomic mass is 9.97. The van der Waals surface area contributed by atoms with Crippen LogP contribution in [-0.4, -0.2) is 39.4 Å². The molecular weight excluding hydrogens is 403 g/mol. The molecule has 2 aromatic carbocycles. The van der Waals surface area contributed by atoms with Crippen molar-refractivity contribution in [2.45, 2.75) is 19.0 Å². The first-order valence-electron chi connectivity index (χ1n) is 9.34. The number of alkyl halides is 3. The van der Waals surface area contributed by atoms with Gasteiger partial charge in [0.15, 0.2) is 5.82 Å². The molecule has 1 aliphatic heterocycles. The third kappa shape index (κ3) is 3.31. The summed E-state index contributed by atoms with van der Waals surface area (Å²) in [6.45, 7) is 0.602. The maximum Gasteiger partial charge on any atom is 0.393 e. The summed E-state index contributed by atoms with van der Waals surface area (Å²) in [5.74, 6) is -0.691. The fourth-order valence-corrected chi connectivity index (χ4v) is 4.13. The smallest absolute Gasteiger partial charge is 0.371 e. The first-order chi connectivity index (χ1) is 13.9. The summed E-state index contributed by atoms with van der Waals surface area (Å²) in [4.78, 5) is 9.65. The number of aromatic amines is 2. The zero-order valence-electron chi connectivity index (χ0n) is 15.2. The van der Waals surface area contributed by atoms with Crippen LogP contribution in [0.25, 0.3) is 33.5 Å². The Morgan fingerprint density at radius 3 is 2.79 bits per heavy atom. The van der Waals surface area contributed by atoms with Crippen molar-refractivity contribution >= 4 is 39.2 Å². The maximum atomic E-state index is 13.1. The van der Waals surface area contributed by atoms with Gasteiger partial charge in [-0.1, -0.05) is 11.6 Å². The van der Waals surface area contributed by atoms with Crippen molar-refractivity contribution in [3.05, 3.63) is 41.4 Å². The van der Waals surface area contributed by atoms with Crippen LogP contribution in [0.1, 0.15) is 12.8 Å². The minimum absolute atomic E-state index is 0.0131. The number of anilines is 1. The van der Waals surface area contributed by atoms with Gasteiger partial charge in [-0.2, -0.15) is 18.3 Å². The topological polar surface area (TPSA) is 60.6 Å². The van der Waals surface area contributed by atoms with E-state index in [1.165, 1.54) is 0 Å². The molecule has 1 aliphatic rings. The fraction of sp³-hybridized carbons (Fsp3) is 0.300. The minimum Gasteiger partial charge on any atom is -0.371 e. The summed E-state index contributed by atoms with van der Waals surface area (Å²) in [7, 11) is 0. The predicted molar refractivity (Wildman–Crippen MR) is 107 cm³/mol. The molecule has 0 saturated carbocycles. The molecule has 1 fully saturated rings. The van der Waals surface area contributed by atoms with Gasteiger partial charge in [0, 0.05) is 29.2 Å². The standard InChI is InChI=1S/C20H17ClF3N5/c21-12-3-5-14-16(8-12)27-28-18(14)19-25-15-6-4-13(9-17(15)26-19)29-7-1-2-11(10-29)20(22,23)24/h3-6,8-9,11H,1-2,7,10H2,(H,25,26)(H,27,28). The third-order valence-corrected chi connectivity index (χ3v) is 5.70. The molecule has 2 aromatic heterocycles. The van der Waals surface area contributed by atoms with Gasteiger partial charge < -0.3 is 9.88 Å². The van der Waals surface area contributed by atoms with E-state index in [0.717, 1.165) is 27.6 Å². The maximum absolute atomic E-state index is 13.1.